The maximum Gasteiger partial charge on any atom is 0.477 e. The number of phosphoric ester groups is 1. The van der Waals surface area contributed by atoms with Crippen LogP contribution in [0.1, 0.15) is 6.92 Å². The van der Waals surface area contributed by atoms with Gasteiger partial charge in [0.15, 0.2) is 0 Å². The zero-order chi connectivity index (χ0) is 29.1. The lowest BCUT2D eigenvalue weighted by molar-refractivity contribution is -0.477. The highest BCUT2D eigenvalue weighted by Crippen LogP contribution is 2.66. The van der Waals surface area contributed by atoms with E-state index in [0.717, 1.165) is 0 Å². The van der Waals surface area contributed by atoms with Crippen LogP contribution in [0, 0.1) is 0 Å². The molecule has 0 aromatic carbocycles. The molecule has 212 valence electrons. The Morgan fingerprint density at radius 1 is 0.543 bits per heavy atom. The van der Waals surface area contributed by atoms with Crippen LogP contribution in [0.15, 0.2) is 0 Å². The largest absolute Gasteiger partial charge is 0.477 e. The van der Waals surface area contributed by atoms with Crippen LogP contribution < -0.4 is 0 Å². The van der Waals surface area contributed by atoms with E-state index in [1.54, 1.807) is 0 Å². The van der Waals surface area contributed by atoms with E-state index in [2.05, 4.69) is 9.05 Å². The Hall–Kier alpha value is -1.22. The molecule has 0 fully saturated rings. The number of alkyl halides is 19. The molecule has 0 radical (unpaired) electrons. The fourth-order valence-electron chi connectivity index (χ4n) is 1.74. The summed E-state index contributed by atoms with van der Waals surface area (Å²) in [5.74, 6) is -61.6. The Kier molecular flexibility index (Phi) is 8.37. The molecule has 0 aromatic heterocycles. The molecule has 1 atom stereocenters. The van der Waals surface area contributed by atoms with Crippen molar-refractivity contribution in [2.75, 3.05) is 6.61 Å². The molecule has 0 spiro atoms. The summed E-state index contributed by atoms with van der Waals surface area (Å²) in [4.78, 5) is 8.55. The third kappa shape index (κ3) is 4.76. The lowest BCUT2D eigenvalue weighted by atomic mass is 9.88. The second-order valence-corrected chi connectivity index (χ2v) is 7.39. The summed E-state index contributed by atoms with van der Waals surface area (Å²) in [6, 6.07) is 0. The number of phosphoric acid groups is 1. The van der Waals surface area contributed by atoms with E-state index in [-0.39, 0.29) is 0 Å². The van der Waals surface area contributed by atoms with Crippen LogP contribution in [0.3, 0.4) is 0 Å². The number of rotatable bonds is 11. The van der Waals surface area contributed by atoms with Crippen LogP contribution in [0.5, 0.6) is 0 Å². The molecule has 0 amide bonds. The highest BCUT2D eigenvalue weighted by Gasteiger charge is 2.97. The molecule has 1 N–H and O–H groups in total. The Balaban J connectivity index is 6.88. The van der Waals surface area contributed by atoms with Gasteiger partial charge in [-0.3, -0.25) is 4.52 Å². The van der Waals surface area contributed by atoms with Crippen LogP contribution >= 0.6 is 7.82 Å². The first-order valence-electron chi connectivity index (χ1n) is 7.54. The van der Waals surface area contributed by atoms with Crippen molar-refractivity contribution in [1.29, 1.82) is 0 Å². The molecule has 0 aliphatic carbocycles. The van der Waals surface area contributed by atoms with Crippen molar-refractivity contribution in [3.63, 3.8) is 0 Å². The first kappa shape index (κ1) is 33.8. The molecule has 0 heterocycles. The Morgan fingerprint density at radius 3 is 1.06 bits per heavy atom. The van der Waals surface area contributed by atoms with E-state index >= 15 is 0 Å². The monoisotopic (exact) mass is 594 g/mol. The van der Waals surface area contributed by atoms with Crippen LogP contribution in [0.2, 0.25) is 0 Å². The van der Waals surface area contributed by atoms with Gasteiger partial charge in [-0.1, -0.05) is 0 Å². The van der Waals surface area contributed by atoms with Gasteiger partial charge in [0.2, 0.25) is 0 Å². The van der Waals surface area contributed by atoms with Crippen molar-refractivity contribution in [3.8, 4) is 0 Å². The third-order valence-corrected chi connectivity index (χ3v) is 4.65. The van der Waals surface area contributed by atoms with Crippen LogP contribution in [0.4, 0.5) is 83.4 Å². The summed E-state index contributed by atoms with van der Waals surface area (Å²) in [7, 11) is -6.66. The quantitative estimate of drug-likeness (QED) is 0.213. The van der Waals surface area contributed by atoms with E-state index in [0.29, 0.717) is 6.92 Å². The van der Waals surface area contributed by atoms with Gasteiger partial charge >= 0.3 is 61.6 Å². The summed E-state index contributed by atoms with van der Waals surface area (Å²) in [6.07, 6.45) is -15.6. The summed E-state index contributed by atoms with van der Waals surface area (Å²) in [5.41, 5.74) is 0. The Bertz CT molecular complexity index is 818. The van der Waals surface area contributed by atoms with Crippen molar-refractivity contribution in [3.05, 3.63) is 0 Å². The number of halogens is 19. The first-order valence-corrected chi connectivity index (χ1v) is 9.03. The smallest absolute Gasteiger partial charge is 0.302 e. The second-order valence-electron chi connectivity index (χ2n) is 6.01. The molecule has 0 saturated carbocycles. The average molecular weight is 594 g/mol. The topological polar surface area (TPSA) is 55.8 Å². The van der Waals surface area contributed by atoms with Crippen LogP contribution in [-0.4, -0.2) is 65.2 Å². The molecule has 0 rings (SSSR count). The van der Waals surface area contributed by atoms with Crippen LogP contribution in [-0.2, 0) is 13.6 Å². The number of hydrogen-bond donors (Lipinski definition) is 1. The Morgan fingerprint density at radius 2 is 0.800 bits per heavy atom. The van der Waals surface area contributed by atoms with Crippen LogP contribution in [0.25, 0.3) is 0 Å². The van der Waals surface area contributed by atoms with Crippen molar-refractivity contribution in [2.45, 2.75) is 60.7 Å². The van der Waals surface area contributed by atoms with Gasteiger partial charge in [0, 0.05) is 0 Å². The molecule has 1 unspecified atom stereocenters. The predicted molar refractivity (Wildman–Crippen MR) is 68.2 cm³/mol. The van der Waals surface area contributed by atoms with E-state index < -0.39 is 68.2 Å². The summed E-state index contributed by atoms with van der Waals surface area (Å²) < 4.78 is 263. The molecule has 0 bridgehead atoms. The van der Waals surface area contributed by atoms with Gasteiger partial charge < -0.3 is 4.89 Å². The van der Waals surface area contributed by atoms with E-state index in [4.69, 9.17) is 4.89 Å². The molecule has 35 heavy (non-hydrogen) atoms. The molecule has 0 aromatic rings. The summed E-state index contributed by atoms with van der Waals surface area (Å²) in [6.45, 7) is -0.653. The predicted octanol–water partition coefficient (Wildman–Crippen LogP) is 6.74. The van der Waals surface area contributed by atoms with E-state index in [1.807, 2.05) is 0 Å². The lowest BCUT2D eigenvalue weighted by Gasteiger charge is -2.43. The molecule has 0 aliphatic heterocycles. The highest BCUT2D eigenvalue weighted by atomic mass is 31.2. The molecule has 0 aliphatic rings. The van der Waals surface area contributed by atoms with Gasteiger partial charge in [0.05, 0.1) is 6.61 Å². The summed E-state index contributed by atoms with van der Waals surface area (Å²) in [5, 5.41) is 0. The van der Waals surface area contributed by atoms with E-state index in [9.17, 15) is 88.0 Å². The minimum atomic E-state index is -9.09. The van der Waals surface area contributed by atoms with Crippen molar-refractivity contribution < 1.29 is 102 Å². The molecule has 24 heteroatoms. The lowest BCUT2D eigenvalue weighted by Crippen LogP contribution is -2.75. The zero-order valence-corrected chi connectivity index (χ0v) is 16.4. The zero-order valence-electron chi connectivity index (χ0n) is 15.5. The van der Waals surface area contributed by atoms with Gasteiger partial charge in [0.25, 0.3) is 0 Å². The van der Waals surface area contributed by atoms with Gasteiger partial charge in [-0.25, -0.2) is 9.09 Å². The SMILES string of the molecule is CCOP(=O)(O)OC(F)(F)C(F)(F)C(F)(F)C(F)(F)C(F)(F)C(F)(F)C(F)(F)C(F)(F)C(F)(F)F. The van der Waals surface area contributed by atoms with Gasteiger partial charge in [-0.05, 0) is 6.92 Å². The molecular weight excluding hydrogens is 588 g/mol. The van der Waals surface area contributed by atoms with E-state index in [1.165, 1.54) is 0 Å². The molecular formula is C11H6F19O4P. The molecule has 4 nitrogen and oxygen atoms in total. The third-order valence-electron chi connectivity index (χ3n) is 3.61. The van der Waals surface area contributed by atoms with Gasteiger partial charge in [-0.2, -0.15) is 83.4 Å². The number of hydrogen-bond acceptors (Lipinski definition) is 3. The first-order chi connectivity index (χ1) is 14.8. The minimum absolute atomic E-state index is 0.602. The average Bonchev–Trinajstić information content (AvgIpc) is 2.58. The summed E-state index contributed by atoms with van der Waals surface area (Å²) >= 11 is 0. The fourth-order valence-corrected chi connectivity index (χ4v) is 2.52. The van der Waals surface area contributed by atoms with Crippen molar-refractivity contribution >= 4 is 7.82 Å². The van der Waals surface area contributed by atoms with Crippen molar-refractivity contribution in [2.24, 2.45) is 0 Å². The second kappa shape index (κ2) is 8.67. The maximum absolute atomic E-state index is 13.4. The maximum atomic E-state index is 13.4. The molecule has 0 saturated heterocycles. The van der Waals surface area contributed by atoms with Crippen molar-refractivity contribution in [1.82, 2.24) is 0 Å². The standard InChI is InChI=1S/C11H6F19O4P/c1-2-33-35(31,32)34-11(29,30)9(24,25)7(20,21)5(16,17)3(12,13)4(14,15)6(18,19)8(22,23)10(26,27)28/h2H2,1H3,(H,31,32). The fraction of sp³-hybridized carbons (Fsp3) is 1.00. The Labute approximate surface area is 178 Å². The van der Waals surface area contributed by atoms with Gasteiger partial charge in [-0.15, -0.1) is 0 Å². The highest BCUT2D eigenvalue weighted by molar-refractivity contribution is 7.47. The van der Waals surface area contributed by atoms with Gasteiger partial charge in [0.1, 0.15) is 0 Å². The normalized spacial score (nSPS) is 18.0. The minimum Gasteiger partial charge on any atom is -0.302 e.